The molecular formula is C17H29ClN2O3. The second-order valence-electron chi connectivity index (χ2n) is 7.66. The van der Waals surface area contributed by atoms with Gasteiger partial charge in [-0.15, -0.1) is 12.4 Å². The summed E-state index contributed by atoms with van der Waals surface area (Å²) in [5.41, 5.74) is -0.585. The summed E-state index contributed by atoms with van der Waals surface area (Å²) in [7, 11) is 0. The molecule has 132 valence electrons. The van der Waals surface area contributed by atoms with Crippen LogP contribution >= 0.6 is 12.4 Å². The molecule has 4 atom stereocenters. The highest BCUT2D eigenvalue weighted by Gasteiger charge is 2.54. The number of rotatable bonds is 4. The first-order valence-corrected chi connectivity index (χ1v) is 8.76. The van der Waals surface area contributed by atoms with E-state index >= 15 is 0 Å². The molecule has 5 nitrogen and oxygen atoms in total. The summed E-state index contributed by atoms with van der Waals surface area (Å²) in [5.74, 6) is 0.186. The van der Waals surface area contributed by atoms with Crippen LogP contribution in [0, 0.1) is 17.3 Å². The minimum Gasteiger partial charge on any atom is -0.481 e. The number of carbonyl (C=O) groups is 2. The number of hydrogen-bond acceptors (Lipinski definition) is 3. The molecule has 3 aliphatic rings. The van der Waals surface area contributed by atoms with Crippen molar-refractivity contribution in [3.05, 3.63) is 0 Å². The van der Waals surface area contributed by atoms with Crippen molar-refractivity contribution in [1.82, 2.24) is 10.2 Å². The number of aliphatic carboxylic acids is 1. The molecule has 0 radical (unpaired) electrons. The second kappa shape index (κ2) is 7.39. The van der Waals surface area contributed by atoms with E-state index in [4.69, 9.17) is 0 Å². The van der Waals surface area contributed by atoms with Gasteiger partial charge in [-0.2, -0.15) is 0 Å². The van der Waals surface area contributed by atoms with Gasteiger partial charge in [0, 0.05) is 19.1 Å². The van der Waals surface area contributed by atoms with Gasteiger partial charge in [-0.3, -0.25) is 14.5 Å². The Morgan fingerprint density at radius 2 is 1.96 bits per heavy atom. The third-order valence-electron chi connectivity index (χ3n) is 6.19. The van der Waals surface area contributed by atoms with Crippen molar-refractivity contribution in [2.75, 3.05) is 19.6 Å². The zero-order chi connectivity index (χ0) is 15.7. The van der Waals surface area contributed by atoms with E-state index in [2.05, 4.69) is 17.1 Å². The van der Waals surface area contributed by atoms with Gasteiger partial charge in [-0.05, 0) is 37.5 Å². The first kappa shape index (κ1) is 18.5. The van der Waals surface area contributed by atoms with E-state index in [-0.39, 0.29) is 24.2 Å². The Balaban J connectivity index is 0.00000192. The number of nitrogens with zero attached hydrogens (tertiary/aromatic N) is 1. The number of carboxylic acids is 1. The number of likely N-dealkylation sites (tertiary alicyclic amines) is 1. The van der Waals surface area contributed by atoms with Gasteiger partial charge >= 0.3 is 5.97 Å². The molecule has 1 aliphatic heterocycles. The Morgan fingerprint density at radius 3 is 2.61 bits per heavy atom. The lowest BCUT2D eigenvalue weighted by atomic mass is 9.81. The molecule has 0 aromatic heterocycles. The van der Waals surface area contributed by atoms with Gasteiger partial charge in [0.2, 0.25) is 5.91 Å². The average Bonchev–Trinajstić information content (AvgIpc) is 2.99. The fourth-order valence-electron chi connectivity index (χ4n) is 4.85. The van der Waals surface area contributed by atoms with Crippen molar-refractivity contribution in [2.45, 2.75) is 57.9 Å². The molecule has 0 aromatic rings. The topological polar surface area (TPSA) is 69.6 Å². The monoisotopic (exact) mass is 344 g/mol. The van der Waals surface area contributed by atoms with Gasteiger partial charge in [0.25, 0.3) is 0 Å². The normalized spacial score (nSPS) is 37.0. The number of hydrogen-bond donors (Lipinski definition) is 2. The number of fused-ring (bicyclic) bond motifs is 1. The van der Waals surface area contributed by atoms with Gasteiger partial charge in [0.15, 0.2) is 0 Å². The van der Waals surface area contributed by atoms with Crippen LogP contribution in [0.1, 0.15) is 51.9 Å². The van der Waals surface area contributed by atoms with E-state index in [9.17, 15) is 14.7 Å². The molecule has 1 saturated heterocycles. The predicted molar refractivity (Wildman–Crippen MR) is 90.7 cm³/mol. The predicted octanol–water partition coefficient (Wildman–Crippen LogP) is 2.29. The smallest absolute Gasteiger partial charge is 0.311 e. The molecule has 3 rings (SSSR count). The maximum absolute atomic E-state index is 12.3. The van der Waals surface area contributed by atoms with Gasteiger partial charge in [-0.25, -0.2) is 0 Å². The quantitative estimate of drug-likeness (QED) is 0.821. The van der Waals surface area contributed by atoms with Gasteiger partial charge in [0.1, 0.15) is 0 Å². The summed E-state index contributed by atoms with van der Waals surface area (Å²) in [5, 5.41) is 12.8. The van der Waals surface area contributed by atoms with Gasteiger partial charge < -0.3 is 10.4 Å². The number of amides is 1. The zero-order valence-electron chi connectivity index (χ0n) is 13.9. The summed E-state index contributed by atoms with van der Waals surface area (Å²) in [6, 6.07) is 0.303. The molecule has 1 heterocycles. The third-order valence-corrected chi connectivity index (χ3v) is 6.19. The van der Waals surface area contributed by atoms with E-state index in [1.165, 1.54) is 19.3 Å². The SMILES string of the molecule is CC1CCCCC1NC(=O)CN1C[C@@H]2CCC[C@@]2(C(=O)O)C1.Cl. The Labute approximate surface area is 144 Å². The highest BCUT2D eigenvalue weighted by Crippen LogP contribution is 2.48. The van der Waals surface area contributed by atoms with Crippen molar-refractivity contribution in [1.29, 1.82) is 0 Å². The molecule has 6 heteroatoms. The molecule has 0 spiro atoms. The number of carbonyl (C=O) groups excluding carboxylic acids is 1. The molecule has 2 saturated carbocycles. The molecule has 2 unspecified atom stereocenters. The van der Waals surface area contributed by atoms with Gasteiger partial charge in [-0.1, -0.05) is 26.2 Å². The van der Waals surface area contributed by atoms with Crippen LogP contribution in [-0.2, 0) is 9.59 Å². The van der Waals surface area contributed by atoms with Crippen LogP contribution < -0.4 is 5.32 Å². The molecule has 1 amide bonds. The zero-order valence-corrected chi connectivity index (χ0v) is 14.7. The Morgan fingerprint density at radius 1 is 1.22 bits per heavy atom. The molecule has 0 aromatic carbocycles. The Hall–Kier alpha value is -0.810. The first-order valence-electron chi connectivity index (χ1n) is 8.76. The highest BCUT2D eigenvalue weighted by atomic mass is 35.5. The van der Waals surface area contributed by atoms with Crippen LogP contribution in [0.15, 0.2) is 0 Å². The summed E-state index contributed by atoms with van der Waals surface area (Å²) < 4.78 is 0. The fraction of sp³-hybridized carbons (Fsp3) is 0.882. The molecule has 23 heavy (non-hydrogen) atoms. The first-order chi connectivity index (χ1) is 10.5. The Bertz CT molecular complexity index is 459. The lowest BCUT2D eigenvalue weighted by molar-refractivity contribution is -0.149. The van der Waals surface area contributed by atoms with Crippen LogP contribution in [0.2, 0.25) is 0 Å². The van der Waals surface area contributed by atoms with Gasteiger partial charge in [0.05, 0.1) is 12.0 Å². The van der Waals surface area contributed by atoms with E-state index in [1.54, 1.807) is 0 Å². The van der Waals surface area contributed by atoms with Crippen molar-refractivity contribution >= 4 is 24.3 Å². The van der Waals surface area contributed by atoms with Crippen LogP contribution in [0.3, 0.4) is 0 Å². The van der Waals surface area contributed by atoms with Crippen molar-refractivity contribution in [3.63, 3.8) is 0 Å². The van der Waals surface area contributed by atoms with Crippen LogP contribution in [0.5, 0.6) is 0 Å². The van der Waals surface area contributed by atoms with E-state index < -0.39 is 11.4 Å². The minimum absolute atomic E-state index is 0. The summed E-state index contributed by atoms with van der Waals surface area (Å²) >= 11 is 0. The van der Waals surface area contributed by atoms with Crippen LogP contribution in [0.25, 0.3) is 0 Å². The Kier molecular flexibility index (Phi) is 5.95. The maximum Gasteiger partial charge on any atom is 0.311 e. The molecular weight excluding hydrogens is 316 g/mol. The fourth-order valence-corrected chi connectivity index (χ4v) is 4.85. The summed E-state index contributed by atoms with van der Waals surface area (Å²) in [6.07, 6.45) is 7.50. The summed E-state index contributed by atoms with van der Waals surface area (Å²) in [4.78, 5) is 26.0. The highest BCUT2D eigenvalue weighted by molar-refractivity contribution is 5.85. The number of halogens is 1. The minimum atomic E-state index is -0.668. The van der Waals surface area contributed by atoms with Crippen LogP contribution in [0.4, 0.5) is 0 Å². The second-order valence-corrected chi connectivity index (χ2v) is 7.66. The molecule has 2 aliphatic carbocycles. The third kappa shape index (κ3) is 3.66. The largest absolute Gasteiger partial charge is 0.481 e. The van der Waals surface area contributed by atoms with E-state index in [1.807, 2.05) is 0 Å². The summed E-state index contributed by atoms with van der Waals surface area (Å²) in [6.45, 7) is 3.87. The number of carboxylic acid groups (broad SMARTS) is 1. The number of nitrogens with one attached hydrogen (secondary N) is 1. The molecule has 3 fully saturated rings. The average molecular weight is 345 g/mol. The van der Waals surface area contributed by atoms with Crippen molar-refractivity contribution in [3.8, 4) is 0 Å². The standard InChI is InChI=1S/C17H28N2O3.ClH/c1-12-5-2-3-7-14(12)18-15(20)10-19-9-13-6-4-8-17(13,11-19)16(21)22;/h12-14H,2-11H2,1H3,(H,18,20)(H,21,22);1H/t12?,13-,14?,17+;/m0./s1. The van der Waals surface area contributed by atoms with E-state index in [0.717, 1.165) is 32.2 Å². The van der Waals surface area contributed by atoms with Crippen molar-refractivity contribution in [2.24, 2.45) is 17.3 Å². The van der Waals surface area contributed by atoms with E-state index in [0.29, 0.717) is 25.0 Å². The van der Waals surface area contributed by atoms with Crippen molar-refractivity contribution < 1.29 is 14.7 Å². The van der Waals surface area contributed by atoms with Crippen LogP contribution in [-0.4, -0.2) is 47.6 Å². The lowest BCUT2D eigenvalue weighted by Crippen LogP contribution is -2.46. The maximum atomic E-state index is 12.3. The molecule has 2 N–H and O–H groups in total. The lowest BCUT2D eigenvalue weighted by Gasteiger charge is -2.30. The molecule has 0 bridgehead atoms.